The predicted octanol–water partition coefficient (Wildman–Crippen LogP) is -0.346. The van der Waals surface area contributed by atoms with Crippen LogP contribution in [0.4, 0.5) is 4.79 Å². The molecule has 84 valence electrons. The van der Waals surface area contributed by atoms with Gasteiger partial charge in [0.15, 0.2) is 0 Å². The van der Waals surface area contributed by atoms with Crippen molar-refractivity contribution in [3.8, 4) is 0 Å². The number of aliphatic carboxylic acids is 1. The van der Waals surface area contributed by atoms with Gasteiger partial charge in [-0.05, 0) is 6.92 Å². The highest BCUT2D eigenvalue weighted by atomic mass is 32.1. The summed E-state index contributed by atoms with van der Waals surface area (Å²) in [5.74, 6) is -1.14. The highest BCUT2D eigenvalue weighted by Gasteiger charge is 2.39. The fraction of sp³-hybridized carbons (Fsp3) is 0.625. The number of carbonyl (C=O) groups excluding carboxylic acids is 2. The molecule has 1 fully saturated rings. The molecule has 1 N–H and O–H groups in total. The van der Waals surface area contributed by atoms with Crippen molar-refractivity contribution in [2.45, 2.75) is 13.0 Å². The van der Waals surface area contributed by atoms with Crippen molar-refractivity contribution in [1.82, 2.24) is 9.80 Å². The number of amides is 3. The van der Waals surface area contributed by atoms with Crippen molar-refractivity contribution >= 4 is 30.5 Å². The van der Waals surface area contributed by atoms with E-state index in [1.807, 2.05) is 0 Å². The third-order valence-electron chi connectivity index (χ3n) is 2.10. The Labute approximate surface area is 92.2 Å². The first kappa shape index (κ1) is 11.8. The Morgan fingerprint density at radius 3 is 2.67 bits per heavy atom. The number of carboxylic acid groups (broad SMARTS) is 1. The minimum absolute atomic E-state index is 0.163. The van der Waals surface area contributed by atoms with Crippen molar-refractivity contribution in [2.24, 2.45) is 0 Å². The number of urea groups is 1. The maximum Gasteiger partial charge on any atom is 0.328 e. The molecule has 0 bridgehead atoms. The molecule has 0 aliphatic carbocycles. The molecular weight excluding hydrogens is 220 g/mol. The van der Waals surface area contributed by atoms with Gasteiger partial charge in [-0.25, -0.2) is 4.79 Å². The molecule has 3 amide bonds. The summed E-state index contributed by atoms with van der Waals surface area (Å²) < 4.78 is 0. The average molecular weight is 232 g/mol. The van der Waals surface area contributed by atoms with Crippen LogP contribution in [0.5, 0.6) is 0 Å². The third-order valence-corrected chi connectivity index (χ3v) is 2.63. The second kappa shape index (κ2) is 4.52. The van der Waals surface area contributed by atoms with Crippen molar-refractivity contribution in [2.75, 3.05) is 18.8 Å². The van der Waals surface area contributed by atoms with Gasteiger partial charge >= 0.3 is 12.0 Å². The lowest BCUT2D eigenvalue weighted by atomic mass is 10.3. The summed E-state index contributed by atoms with van der Waals surface area (Å²) in [6, 6.07) is -0.865. The number of thiol groups is 1. The molecule has 1 heterocycles. The minimum atomic E-state index is -1.13. The Hall–Kier alpha value is -1.24. The molecule has 7 heteroatoms. The summed E-state index contributed by atoms with van der Waals surface area (Å²) in [5.41, 5.74) is 0. The number of hydrogen-bond acceptors (Lipinski definition) is 4. The second-order valence-electron chi connectivity index (χ2n) is 3.33. The molecule has 0 saturated carbocycles. The van der Waals surface area contributed by atoms with Gasteiger partial charge in [0, 0.05) is 11.8 Å². The van der Waals surface area contributed by atoms with E-state index in [2.05, 4.69) is 12.6 Å². The number of rotatable bonds is 4. The molecule has 15 heavy (non-hydrogen) atoms. The van der Waals surface area contributed by atoms with Crippen molar-refractivity contribution in [3.05, 3.63) is 0 Å². The van der Waals surface area contributed by atoms with Crippen LogP contribution >= 0.6 is 12.6 Å². The van der Waals surface area contributed by atoms with Gasteiger partial charge in [-0.3, -0.25) is 14.5 Å². The van der Waals surface area contributed by atoms with Crippen LogP contribution in [-0.2, 0) is 9.59 Å². The Bertz CT molecular complexity index is 307. The summed E-state index contributed by atoms with van der Waals surface area (Å²) in [5, 5.41) is 8.52. The lowest BCUT2D eigenvalue weighted by Gasteiger charge is -2.20. The monoisotopic (exact) mass is 232 g/mol. The van der Waals surface area contributed by atoms with E-state index in [0.717, 1.165) is 9.80 Å². The van der Waals surface area contributed by atoms with Crippen LogP contribution in [0.3, 0.4) is 0 Å². The highest BCUT2D eigenvalue weighted by Crippen LogP contribution is 2.14. The Morgan fingerprint density at radius 1 is 1.60 bits per heavy atom. The summed E-state index contributed by atoms with van der Waals surface area (Å²) in [4.78, 5) is 35.5. The molecule has 1 rings (SSSR count). The number of hydrogen-bond donors (Lipinski definition) is 2. The smallest absolute Gasteiger partial charge is 0.328 e. The maximum absolute atomic E-state index is 11.6. The summed E-state index contributed by atoms with van der Waals surface area (Å²) in [6.07, 6.45) is 0. The van der Waals surface area contributed by atoms with Crippen LogP contribution in [0.1, 0.15) is 6.92 Å². The normalized spacial score (nSPS) is 18.5. The van der Waals surface area contributed by atoms with Gasteiger partial charge in [0.1, 0.15) is 13.1 Å². The van der Waals surface area contributed by atoms with E-state index in [9.17, 15) is 14.4 Å². The van der Waals surface area contributed by atoms with E-state index >= 15 is 0 Å². The van der Waals surface area contributed by atoms with Crippen molar-refractivity contribution in [3.63, 3.8) is 0 Å². The predicted molar refractivity (Wildman–Crippen MR) is 54.8 cm³/mol. The van der Waals surface area contributed by atoms with Crippen LogP contribution in [0, 0.1) is 0 Å². The van der Waals surface area contributed by atoms with Crippen molar-refractivity contribution in [1.29, 1.82) is 0 Å². The van der Waals surface area contributed by atoms with E-state index in [1.165, 1.54) is 0 Å². The summed E-state index contributed by atoms with van der Waals surface area (Å²) in [7, 11) is 0. The number of carbonyl (C=O) groups is 3. The van der Waals surface area contributed by atoms with Gasteiger partial charge in [0.05, 0.1) is 0 Å². The van der Waals surface area contributed by atoms with Gasteiger partial charge in [0.2, 0.25) is 0 Å². The van der Waals surface area contributed by atoms with Crippen molar-refractivity contribution < 1.29 is 19.5 Å². The summed E-state index contributed by atoms with van der Waals surface area (Å²) >= 11 is 3.99. The second-order valence-corrected chi connectivity index (χ2v) is 3.69. The molecule has 0 radical (unpaired) electrons. The fourth-order valence-electron chi connectivity index (χ4n) is 1.37. The molecule has 6 nitrogen and oxygen atoms in total. The minimum Gasteiger partial charge on any atom is -0.480 e. The zero-order chi connectivity index (χ0) is 11.6. The molecule has 1 aliphatic rings. The molecular formula is C8H12N2O4S. The van der Waals surface area contributed by atoms with Gasteiger partial charge in [-0.15, -0.1) is 0 Å². The number of nitrogens with zero attached hydrogens (tertiary/aromatic N) is 2. The molecule has 1 saturated heterocycles. The first-order chi connectivity index (χ1) is 6.97. The van der Waals surface area contributed by atoms with Gasteiger partial charge < -0.3 is 10.0 Å². The lowest BCUT2D eigenvalue weighted by molar-refractivity contribution is -0.137. The van der Waals surface area contributed by atoms with Gasteiger partial charge in [-0.2, -0.15) is 12.6 Å². The van der Waals surface area contributed by atoms with Crippen LogP contribution in [0.2, 0.25) is 0 Å². The van der Waals surface area contributed by atoms with Crippen LogP contribution in [0.25, 0.3) is 0 Å². The molecule has 1 aliphatic heterocycles. The quantitative estimate of drug-likeness (QED) is 0.513. The third kappa shape index (κ3) is 2.41. The van der Waals surface area contributed by atoms with E-state index in [1.54, 1.807) is 6.92 Å². The lowest BCUT2D eigenvalue weighted by Crippen LogP contribution is -2.41. The molecule has 0 spiro atoms. The standard InChI is InChI=1S/C8H12N2O4S/c1-5(4-15)10-6(11)2-9(8(10)14)3-7(12)13/h5,15H,2-4H2,1H3,(H,12,13). The molecule has 0 aromatic carbocycles. The van der Waals surface area contributed by atoms with Crippen LogP contribution in [0.15, 0.2) is 0 Å². The van der Waals surface area contributed by atoms with E-state index < -0.39 is 18.5 Å². The zero-order valence-electron chi connectivity index (χ0n) is 8.21. The summed E-state index contributed by atoms with van der Waals surface area (Å²) in [6.45, 7) is 1.08. The first-order valence-electron chi connectivity index (χ1n) is 4.41. The topological polar surface area (TPSA) is 77.9 Å². The molecule has 0 aromatic rings. The number of carboxylic acids is 1. The van der Waals surface area contributed by atoms with Crippen LogP contribution < -0.4 is 0 Å². The molecule has 0 aromatic heterocycles. The maximum atomic E-state index is 11.6. The zero-order valence-corrected chi connectivity index (χ0v) is 9.11. The fourth-order valence-corrected chi connectivity index (χ4v) is 1.53. The first-order valence-corrected chi connectivity index (χ1v) is 5.04. The Balaban J connectivity index is 2.74. The Morgan fingerprint density at radius 2 is 2.20 bits per heavy atom. The van der Waals surface area contributed by atoms with Gasteiger partial charge in [-0.1, -0.05) is 0 Å². The van der Waals surface area contributed by atoms with E-state index in [-0.39, 0.29) is 18.5 Å². The average Bonchev–Trinajstić information content (AvgIpc) is 2.40. The Kier molecular flexibility index (Phi) is 3.57. The van der Waals surface area contributed by atoms with E-state index in [0.29, 0.717) is 5.75 Å². The molecule has 1 unspecified atom stereocenters. The van der Waals surface area contributed by atoms with E-state index in [4.69, 9.17) is 5.11 Å². The highest BCUT2D eigenvalue weighted by molar-refractivity contribution is 7.80. The largest absolute Gasteiger partial charge is 0.480 e. The molecule has 1 atom stereocenters. The van der Waals surface area contributed by atoms with Crippen LogP contribution in [-0.4, -0.2) is 57.7 Å². The number of imide groups is 1. The SMILES string of the molecule is CC(CS)N1C(=O)CN(CC(=O)O)C1=O. The van der Waals surface area contributed by atoms with Gasteiger partial charge in [0.25, 0.3) is 5.91 Å².